The molecule has 0 saturated heterocycles. The van der Waals surface area contributed by atoms with Gasteiger partial charge in [0.2, 0.25) is 0 Å². The molecule has 1 nitrogen and oxygen atoms in total. The topological polar surface area (TPSA) is 12.9 Å². The molecule has 7 aromatic carbocycles. The fourth-order valence-electron chi connectivity index (χ4n) is 6.39. The highest BCUT2D eigenvalue weighted by Gasteiger charge is 2.20. The van der Waals surface area contributed by atoms with E-state index in [4.69, 9.17) is 4.98 Å². The zero-order valence-corrected chi connectivity index (χ0v) is 21.9. The van der Waals surface area contributed by atoms with E-state index in [0.717, 1.165) is 5.52 Å². The largest absolute Gasteiger partial charge is 0.256 e. The van der Waals surface area contributed by atoms with Crippen LogP contribution in [0.15, 0.2) is 152 Å². The summed E-state index contributed by atoms with van der Waals surface area (Å²) in [5, 5.41) is 8.61. The third-order valence-electron chi connectivity index (χ3n) is 8.12. The lowest BCUT2D eigenvalue weighted by Gasteiger charge is -2.19. The lowest BCUT2D eigenvalue weighted by atomic mass is 9.84. The molecule has 0 fully saturated rings. The third kappa shape index (κ3) is 3.45. The van der Waals surface area contributed by atoms with Crippen LogP contribution in [0.5, 0.6) is 0 Å². The highest BCUT2D eigenvalue weighted by molar-refractivity contribution is 6.24. The predicted octanol–water partition coefficient (Wildman–Crippen LogP) is 10.7. The zero-order chi connectivity index (χ0) is 26.5. The number of fused-ring (bicyclic) bond motifs is 4. The lowest BCUT2D eigenvalue weighted by Crippen LogP contribution is -1.94. The molecule has 40 heavy (non-hydrogen) atoms. The van der Waals surface area contributed by atoms with Gasteiger partial charge in [0.15, 0.2) is 0 Å². The van der Waals surface area contributed by atoms with Crippen molar-refractivity contribution in [3.63, 3.8) is 0 Å². The summed E-state index contributed by atoms with van der Waals surface area (Å²) in [6.07, 6.45) is 1.92. The smallest absolute Gasteiger partial charge is 0.0793 e. The number of aromatic nitrogens is 1. The van der Waals surface area contributed by atoms with E-state index in [2.05, 4.69) is 146 Å². The minimum Gasteiger partial charge on any atom is -0.256 e. The molecule has 0 saturated carbocycles. The molecule has 0 aliphatic carbocycles. The van der Waals surface area contributed by atoms with Crippen molar-refractivity contribution in [1.29, 1.82) is 0 Å². The molecule has 1 heteroatoms. The number of nitrogens with zero attached hydrogens (tertiary/aromatic N) is 1. The monoisotopic (exact) mass is 507 g/mol. The molecule has 0 atom stereocenters. The number of benzene rings is 7. The number of hydrogen-bond donors (Lipinski definition) is 0. The molecule has 0 aliphatic rings. The van der Waals surface area contributed by atoms with Gasteiger partial charge in [0.1, 0.15) is 0 Å². The van der Waals surface area contributed by atoms with Crippen LogP contribution in [0.4, 0.5) is 0 Å². The van der Waals surface area contributed by atoms with Gasteiger partial charge in [0, 0.05) is 17.1 Å². The summed E-state index contributed by atoms with van der Waals surface area (Å²) in [4.78, 5) is 5.05. The van der Waals surface area contributed by atoms with Crippen LogP contribution in [0.3, 0.4) is 0 Å². The Morgan fingerprint density at radius 2 is 0.875 bits per heavy atom. The van der Waals surface area contributed by atoms with Gasteiger partial charge in [-0.05, 0) is 66.2 Å². The summed E-state index contributed by atoms with van der Waals surface area (Å²) in [5.41, 5.74) is 8.38. The fraction of sp³-hybridized carbons (Fsp3) is 0. The molecule has 0 amide bonds. The van der Waals surface area contributed by atoms with E-state index in [9.17, 15) is 0 Å². The second-order valence-electron chi connectivity index (χ2n) is 10.3. The first kappa shape index (κ1) is 22.7. The van der Waals surface area contributed by atoms with Crippen molar-refractivity contribution in [3.8, 4) is 33.4 Å². The molecule has 0 radical (unpaired) electrons. The Kier molecular flexibility index (Phi) is 5.21. The highest BCUT2D eigenvalue weighted by Crippen LogP contribution is 2.46. The molecular formula is C39H25N. The van der Waals surface area contributed by atoms with Gasteiger partial charge in [-0.25, -0.2) is 0 Å². The number of hydrogen-bond acceptors (Lipinski definition) is 1. The summed E-state index contributed by atoms with van der Waals surface area (Å²) in [6, 6.07) is 52.4. The van der Waals surface area contributed by atoms with E-state index in [1.165, 1.54) is 71.1 Å². The Bertz CT molecular complexity index is 2150. The first-order valence-electron chi connectivity index (χ1n) is 13.7. The maximum atomic E-state index is 5.05. The first-order chi connectivity index (χ1) is 19.9. The Labute approximate surface area is 233 Å². The minimum atomic E-state index is 1.03. The van der Waals surface area contributed by atoms with Crippen LogP contribution in [0.25, 0.3) is 76.6 Å². The van der Waals surface area contributed by atoms with Crippen LogP contribution in [0, 0.1) is 0 Å². The van der Waals surface area contributed by atoms with Gasteiger partial charge in [-0.2, -0.15) is 0 Å². The van der Waals surface area contributed by atoms with E-state index in [1.54, 1.807) is 0 Å². The predicted molar refractivity (Wildman–Crippen MR) is 171 cm³/mol. The van der Waals surface area contributed by atoms with Crippen LogP contribution in [-0.4, -0.2) is 4.98 Å². The molecule has 0 aliphatic heterocycles. The van der Waals surface area contributed by atoms with Crippen molar-refractivity contribution in [2.24, 2.45) is 0 Å². The molecule has 0 N–H and O–H groups in total. The number of rotatable bonds is 3. The van der Waals surface area contributed by atoms with Crippen molar-refractivity contribution >= 4 is 43.2 Å². The standard InChI is InChI=1S/C39H25N/c1-2-12-26(13-3-1)29-23-24-35(31-18-7-6-17-30(29)31)37-33-19-8-9-20-34(33)38(39-36(37)22-11-25-40-39)32-21-10-15-27-14-4-5-16-28(27)32/h1-25H. The quantitative estimate of drug-likeness (QED) is 0.217. The van der Waals surface area contributed by atoms with Crippen LogP contribution >= 0.6 is 0 Å². The van der Waals surface area contributed by atoms with Crippen LogP contribution < -0.4 is 0 Å². The molecule has 186 valence electrons. The Morgan fingerprint density at radius 3 is 1.68 bits per heavy atom. The average Bonchev–Trinajstić information content (AvgIpc) is 3.03. The summed E-state index contributed by atoms with van der Waals surface area (Å²) in [6.45, 7) is 0. The maximum absolute atomic E-state index is 5.05. The third-order valence-corrected chi connectivity index (χ3v) is 8.12. The van der Waals surface area contributed by atoms with Gasteiger partial charge in [0.25, 0.3) is 0 Å². The van der Waals surface area contributed by atoms with E-state index < -0.39 is 0 Å². The van der Waals surface area contributed by atoms with Gasteiger partial charge in [-0.15, -0.1) is 0 Å². The zero-order valence-electron chi connectivity index (χ0n) is 21.9. The molecular weight excluding hydrogens is 482 g/mol. The summed E-state index contributed by atoms with van der Waals surface area (Å²) in [5.74, 6) is 0. The SMILES string of the molecule is c1ccc(-c2ccc(-c3c4ccccc4c(-c4cccc5ccccc45)c4ncccc34)c3ccccc23)cc1. The van der Waals surface area contributed by atoms with Gasteiger partial charge in [-0.1, -0.05) is 140 Å². The second kappa shape index (κ2) is 9.18. The molecule has 0 spiro atoms. The average molecular weight is 508 g/mol. The van der Waals surface area contributed by atoms with E-state index >= 15 is 0 Å². The van der Waals surface area contributed by atoms with Crippen LogP contribution in [0.2, 0.25) is 0 Å². The molecule has 8 aromatic rings. The molecule has 8 rings (SSSR count). The number of pyridine rings is 1. The van der Waals surface area contributed by atoms with Gasteiger partial charge < -0.3 is 0 Å². The van der Waals surface area contributed by atoms with E-state index in [-0.39, 0.29) is 0 Å². The van der Waals surface area contributed by atoms with Gasteiger partial charge in [0.05, 0.1) is 5.52 Å². The summed E-state index contributed by atoms with van der Waals surface area (Å²) in [7, 11) is 0. The first-order valence-corrected chi connectivity index (χ1v) is 13.7. The van der Waals surface area contributed by atoms with Crippen molar-refractivity contribution in [1.82, 2.24) is 4.98 Å². The Hall–Kier alpha value is -5.27. The van der Waals surface area contributed by atoms with Gasteiger partial charge in [-0.3, -0.25) is 4.98 Å². The van der Waals surface area contributed by atoms with E-state index in [1.807, 2.05) is 6.20 Å². The summed E-state index contributed by atoms with van der Waals surface area (Å²) >= 11 is 0. The van der Waals surface area contributed by atoms with E-state index in [0.29, 0.717) is 0 Å². The molecule has 1 aromatic heterocycles. The Balaban J connectivity index is 1.51. The van der Waals surface area contributed by atoms with Crippen molar-refractivity contribution in [3.05, 3.63) is 152 Å². The summed E-state index contributed by atoms with van der Waals surface area (Å²) < 4.78 is 0. The molecule has 0 bridgehead atoms. The van der Waals surface area contributed by atoms with Crippen LogP contribution in [0.1, 0.15) is 0 Å². The van der Waals surface area contributed by atoms with Crippen molar-refractivity contribution in [2.75, 3.05) is 0 Å². The molecule has 0 unspecified atom stereocenters. The highest BCUT2D eigenvalue weighted by atomic mass is 14.7. The fourth-order valence-corrected chi connectivity index (χ4v) is 6.39. The van der Waals surface area contributed by atoms with Crippen molar-refractivity contribution < 1.29 is 0 Å². The second-order valence-corrected chi connectivity index (χ2v) is 10.3. The maximum Gasteiger partial charge on any atom is 0.0793 e. The molecule has 1 heterocycles. The normalized spacial score (nSPS) is 11.5. The van der Waals surface area contributed by atoms with Crippen LogP contribution in [-0.2, 0) is 0 Å². The minimum absolute atomic E-state index is 1.03. The lowest BCUT2D eigenvalue weighted by molar-refractivity contribution is 1.42. The Morgan fingerprint density at radius 1 is 0.325 bits per heavy atom. The van der Waals surface area contributed by atoms with Gasteiger partial charge >= 0.3 is 0 Å². The van der Waals surface area contributed by atoms with Crippen molar-refractivity contribution in [2.45, 2.75) is 0 Å².